The molecule has 0 atom stereocenters. The molecular weight excluding hydrogens is 222 g/mol. The van der Waals surface area contributed by atoms with E-state index < -0.39 is 0 Å². The predicted molar refractivity (Wildman–Crippen MR) is 63.3 cm³/mol. The molecule has 1 rings (SSSR count). The molecule has 0 spiro atoms. The summed E-state index contributed by atoms with van der Waals surface area (Å²) in [5.41, 5.74) is 5.59. The second-order valence-electron chi connectivity index (χ2n) is 4.51. The van der Waals surface area contributed by atoms with Gasteiger partial charge >= 0.3 is 0 Å². The topological polar surface area (TPSA) is 93.5 Å². The molecule has 6 heteroatoms. The molecule has 17 heavy (non-hydrogen) atoms. The fourth-order valence-electron chi connectivity index (χ4n) is 1.72. The number of rotatable bonds is 7. The zero-order valence-electron chi connectivity index (χ0n) is 10.3. The monoisotopic (exact) mass is 243 g/mol. The first-order valence-electron chi connectivity index (χ1n) is 5.87. The van der Waals surface area contributed by atoms with E-state index in [4.69, 9.17) is 10.5 Å². The highest BCUT2D eigenvalue weighted by Gasteiger charge is 2.34. The van der Waals surface area contributed by atoms with Crippen LogP contribution in [0.15, 0.2) is 0 Å². The first-order valence-corrected chi connectivity index (χ1v) is 5.87. The van der Waals surface area contributed by atoms with Crippen molar-refractivity contribution < 1.29 is 14.3 Å². The minimum Gasteiger partial charge on any atom is -0.383 e. The number of methoxy groups -OCH3 is 1. The number of carbonyl (C=O) groups is 2. The third-order valence-electron chi connectivity index (χ3n) is 2.94. The molecule has 1 aliphatic rings. The van der Waals surface area contributed by atoms with Crippen molar-refractivity contribution in [3.63, 3.8) is 0 Å². The van der Waals surface area contributed by atoms with Gasteiger partial charge in [0.25, 0.3) is 0 Å². The molecule has 0 unspecified atom stereocenters. The normalized spacial score (nSPS) is 17.1. The molecule has 0 aromatic heterocycles. The lowest BCUT2D eigenvalue weighted by molar-refractivity contribution is -0.127. The highest BCUT2D eigenvalue weighted by atomic mass is 16.5. The number of hydrogen-bond acceptors (Lipinski definition) is 4. The second-order valence-corrected chi connectivity index (χ2v) is 4.51. The van der Waals surface area contributed by atoms with Crippen molar-refractivity contribution in [3.05, 3.63) is 0 Å². The summed E-state index contributed by atoms with van der Waals surface area (Å²) in [6, 6.07) is 0. The van der Waals surface area contributed by atoms with Gasteiger partial charge in [-0.05, 0) is 19.3 Å². The van der Waals surface area contributed by atoms with Gasteiger partial charge in [0.2, 0.25) is 11.8 Å². The summed E-state index contributed by atoms with van der Waals surface area (Å²) in [4.78, 5) is 22.7. The Kier molecular flexibility index (Phi) is 5.37. The molecular formula is C11H21N3O3. The third kappa shape index (κ3) is 5.14. The molecule has 0 saturated heterocycles. The minimum absolute atomic E-state index is 0.00136. The van der Waals surface area contributed by atoms with Gasteiger partial charge in [-0.1, -0.05) is 0 Å². The highest BCUT2D eigenvalue weighted by molar-refractivity contribution is 5.85. The molecule has 0 aromatic rings. The van der Waals surface area contributed by atoms with Gasteiger partial charge in [-0.25, -0.2) is 0 Å². The summed E-state index contributed by atoms with van der Waals surface area (Å²) in [6.07, 6.45) is 3.17. The molecule has 6 nitrogen and oxygen atoms in total. The van der Waals surface area contributed by atoms with Gasteiger partial charge in [0.15, 0.2) is 0 Å². The summed E-state index contributed by atoms with van der Waals surface area (Å²) < 4.78 is 4.79. The lowest BCUT2D eigenvalue weighted by Gasteiger charge is -2.37. The fourth-order valence-corrected chi connectivity index (χ4v) is 1.72. The zero-order chi connectivity index (χ0) is 12.7. The molecule has 0 bridgehead atoms. The van der Waals surface area contributed by atoms with Crippen LogP contribution < -0.4 is 16.4 Å². The average molecular weight is 243 g/mol. The molecule has 0 aromatic carbocycles. The number of amides is 2. The summed E-state index contributed by atoms with van der Waals surface area (Å²) in [5, 5.41) is 5.18. The van der Waals surface area contributed by atoms with Gasteiger partial charge in [0.05, 0.1) is 13.2 Å². The minimum atomic E-state index is -0.337. The summed E-state index contributed by atoms with van der Waals surface area (Å²) in [5.74, 6) is -0.371. The van der Waals surface area contributed by atoms with Crippen LogP contribution in [0.5, 0.6) is 0 Å². The predicted octanol–water partition coefficient (Wildman–Crippen LogP) is -0.863. The lowest BCUT2D eigenvalue weighted by Crippen LogP contribution is -2.50. The molecule has 0 heterocycles. The zero-order valence-corrected chi connectivity index (χ0v) is 10.3. The molecule has 0 aliphatic heterocycles. The number of hydrogen-bond donors (Lipinski definition) is 3. The Hall–Kier alpha value is -1.14. The van der Waals surface area contributed by atoms with Gasteiger partial charge in [0, 0.05) is 25.6 Å². The second kappa shape index (κ2) is 6.56. The Labute approximate surface area is 101 Å². The Morgan fingerprint density at radius 1 is 1.29 bits per heavy atom. The van der Waals surface area contributed by atoms with E-state index in [9.17, 15) is 9.59 Å². The Morgan fingerprint density at radius 2 is 2.00 bits per heavy atom. The van der Waals surface area contributed by atoms with Crippen molar-refractivity contribution in [2.75, 3.05) is 26.8 Å². The lowest BCUT2D eigenvalue weighted by atomic mass is 9.75. The largest absolute Gasteiger partial charge is 0.383 e. The Morgan fingerprint density at radius 3 is 2.53 bits per heavy atom. The number of ether oxygens (including phenoxy) is 1. The summed E-state index contributed by atoms with van der Waals surface area (Å²) >= 11 is 0. The molecule has 98 valence electrons. The fraction of sp³-hybridized carbons (Fsp3) is 0.818. The molecule has 1 fully saturated rings. The maximum absolute atomic E-state index is 11.5. The van der Waals surface area contributed by atoms with Crippen LogP contribution in [0, 0.1) is 0 Å². The molecule has 1 aliphatic carbocycles. The van der Waals surface area contributed by atoms with E-state index in [-0.39, 0.29) is 23.9 Å². The standard InChI is InChI=1S/C11H21N3O3/c1-17-6-5-13-10(16)8-14-9(15)7-11(12)3-2-4-11/h2-8,12H2,1H3,(H,13,16)(H,14,15). The van der Waals surface area contributed by atoms with E-state index in [2.05, 4.69) is 10.6 Å². The van der Waals surface area contributed by atoms with Crippen molar-refractivity contribution in [1.29, 1.82) is 0 Å². The van der Waals surface area contributed by atoms with E-state index in [0.717, 1.165) is 19.3 Å². The van der Waals surface area contributed by atoms with Crippen LogP contribution in [0.3, 0.4) is 0 Å². The Bertz CT molecular complexity index is 277. The summed E-state index contributed by atoms with van der Waals surface area (Å²) in [7, 11) is 1.56. The van der Waals surface area contributed by atoms with E-state index in [1.165, 1.54) is 0 Å². The first kappa shape index (κ1) is 13.9. The molecule has 0 radical (unpaired) electrons. The van der Waals surface area contributed by atoms with E-state index in [1.54, 1.807) is 7.11 Å². The van der Waals surface area contributed by atoms with Gasteiger partial charge < -0.3 is 21.1 Å². The molecule has 4 N–H and O–H groups in total. The molecule has 1 saturated carbocycles. The van der Waals surface area contributed by atoms with Crippen LogP contribution in [0.25, 0.3) is 0 Å². The van der Waals surface area contributed by atoms with E-state index in [1.807, 2.05) is 0 Å². The van der Waals surface area contributed by atoms with Crippen LogP contribution in [0.1, 0.15) is 25.7 Å². The van der Waals surface area contributed by atoms with Crippen molar-refractivity contribution in [1.82, 2.24) is 10.6 Å². The maximum Gasteiger partial charge on any atom is 0.239 e. The van der Waals surface area contributed by atoms with E-state index in [0.29, 0.717) is 19.6 Å². The van der Waals surface area contributed by atoms with Gasteiger partial charge in [-0.2, -0.15) is 0 Å². The van der Waals surface area contributed by atoms with E-state index >= 15 is 0 Å². The van der Waals surface area contributed by atoms with Crippen molar-refractivity contribution in [2.24, 2.45) is 5.73 Å². The van der Waals surface area contributed by atoms with Crippen molar-refractivity contribution in [2.45, 2.75) is 31.2 Å². The van der Waals surface area contributed by atoms with Crippen LogP contribution >= 0.6 is 0 Å². The summed E-state index contributed by atoms with van der Waals surface area (Å²) in [6.45, 7) is 0.913. The van der Waals surface area contributed by atoms with Gasteiger partial charge in [0.1, 0.15) is 0 Å². The van der Waals surface area contributed by atoms with Gasteiger partial charge in [-0.3, -0.25) is 9.59 Å². The smallest absolute Gasteiger partial charge is 0.239 e. The SMILES string of the molecule is COCCNC(=O)CNC(=O)CC1(N)CCC1. The van der Waals surface area contributed by atoms with Gasteiger partial charge in [-0.15, -0.1) is 0 Å². The number of nitrogens with one attached hydrogen (secondary N) is 2. The van der Waals surface area contributed by atoms with Crippen molar-refractivity contribution >= 4 is 11.8 Å². The maximum atomic E-state index is 11.5. The van der Waals surface area contributed by atoms with Crippen LogP contribution in [0.2, 0.25) is 0 Å². The average Bonchev–Trinajstić information content (AvgIpc) is 2.25. The third-order valence-corrected chi connectivity index (χ3v) is 2.94. The van der Waals surface area contributed by atoms with Crippen LogP contribution in [-0.4, -0.2) is 44.2 Å². The Balaban J connectivity index is 2.08. The number of carbonyl (C=O) groups excluding carboxylic acids is 2. The molecule has 2 amide bonds. The van der Waals surface area contributed by atoms with Crippen LogP contribution in [0.4, 0.5) is 0 Å². The van der Waals surface area contributed by atoms with Crippen LogP contribution in [-0.2, 0) is 14.3 Å². The first-order chi connectivity index (χ1) is 8.06. The highest BCUT2D eigenvalue weighted by Crippen LogP contribution is 2.31. The van der Waals surface area contributed by atoms with Crippen molar-refractivity contribution in [3.8, 4) is 0 Å². The number of nitrogens with two attached hydrogens (primary N) is 1. The quantitative estimate of drug-likeness (QED) is 0.507.